The highest BCUT2D eigenvalue weighted by Gasteiger charge is 1.97. The summed E-state index contributed by atoms with van der Waals surface area (Å²) in [4.78, 5) is 10.6. The lowest BCUT2D eigenvalue weighted by Gasteiger charge is -2.06. The molecular formula is C16H16N4O2S. The Morgan fingerprint density at radius 1 is 1.17 bits per heavy atom. The SMILES string of the molecule is NC(=O)COc1ccc(/C=N/NC(=S)Nc2ccccc2)cc1. The van der Waals surface area contributed by atoms with Gasteiger partial charge >= 0.3 is 0 Å². The van der Waals surface area contributed by atoms with Crippen molar-refractivity contribution in [3.8, 4) is 5.75 Å². The zero-order valence-corrected chi connectivity index (χ0v) is 13.0. The number of benzene rings is 2. The third-order valence-electron chi connectivity index (χ3n) is 2.67. The summed E-state index contributed by atoms with van der Waals surface area (Å²) in [5.41, 5.74) is 9.48. The number of rotatable bonds is 6. The Hall–Kier alpha value is -2.93. The number of nitrogens with one attached hydrogen (secondary N) is 2. The predicted octanol–water partition coefficient (Wildman–Crippen LogP) is 1.87. The van der Waals surface area contributed by atoms with Gasteiger partial charge in [0, 0.05) is 5.69 Å². The molecule has 2 aromatic rings. The van der Waals surface area contributed by atoms with Crippen molar-refractivity contribution in [1.29, 1.82) is 0 Å². The minimum Gasteiger partial charge on any atom is -0.484 e. The number of carbonyl (C=O) groups excluding carboxylic acids is 1. The maximum absolute atomic E-state index is 10.6. The molecule has 4 N–H and O–H groups in total. The number of hydrogen-bond acceptors (Lipinski definition) is 4. The minimum absolute atomic E-state index is 0.144. The van der Waals surface area contributed by atoms with Crippen molar-refractivity contribution in [2.75, 3.05) is 11.9 Å². The van der Waals surface area contributed by atoms with Crippen LogP contribution in [-0.2, 0) is 4.79 Å². The number of hydrogen-bond donors (Lipinski definition) is 3. The number of primary amides is 1. The molecule has 0 aliphatic rings. The van der Waals surface area contributed by atoms with Gasteiger partial charge in [0.05, 0.1) is 6.21 Å². The van der Waals surface area contributed by atoms with Gasteiger partial charge in [0.15, 0.2) is 11.7 Å². The number of anilines is 1. The first kappa shape index (κ1) is 16.4. The highest BCUT2D eigenvalue weighted by Crippen LogP contribution is 2.10. The van der Waals surface area contributed by atoms with Crippen molar-refractivity contribution in [3.63, 3.8) is 0 Å². The van der Waals surface area contributed by atoms with Gasteiger partial charge in [0.1, 0.15) is 5.75 Å². The van der Waals surface area contributed by atoms with Gasteiger partial charge in [-0.15, -0.1) is 0 Å². The molecule has 0 radical (unpaired) electrons. The van der Waals surface area contributed by atoms with E-state index in [0.717, 1.165) is 11.3 Å². The second-order valence-electron chi connectivity index (χ2n) is 4.51. The number of para-hydroxylation sites is 1. The fourth-order valence-electron chi connectivity index (χ4n) is 1.65. The lowest BCUT2D eigenvalue weighted by Crippen LogP contribution is -2.23. The van der Waals surface area contributed by atoms with E-state index >= 15 is 0 Å². The Kier molecular flexibility index (Phi) is 6.07. The fourth-order valence-corrected chi connectivity index (χ4v) is 1.82. The van der Waals surface area contributed by atoms with Gasteiger partial charge in [-0.3, -0.25) is 10.2 Å². The molecule has 2 aromatic carbocycles. The van der Waals surface area contributed by atoms with E-state index in [4.69, 9.17) is 22.7 Å². The molecule has 1 amide bonds. The highest BCUT2D eigenvalue weighted by molar-refractivity contribution is 7.80. The van der Waals surface area contributed by atoms with Crippen LogP contribution in [0.1, 0.15) is 5.56 Å². The van der Waals surface area contributed by atoms with E-state index in [1.807, 2.05) is 30.3 Å². The van der Waals surface area contributed by atoms with Crippen LogP contribution in [0.25, 0.3) is 0 Å². The monoisotopic (exact) mass is 328 g/mol. The minimum atomic E-state index is -0.515. The van der Waals surface area contributed by atoms with Crippen molar-refractivity contribution in [2.24, 2.45) is 10.8 Å². The quantitative estimate of drug-likeness (QED) is 0.428. The van der Waals surface area contributed by atoms with E-state index in [-0.39, 0.29) is 6.61 Å². The lowest BCUT2D eigenvalue weighted by molar-refractivity contribution is -0.119. The second kappa shape index (κ2) is 8.50. The molecule has 0 aliphatic carbocycles. The first-order valence-electron chi connectivity index (χ1n) is 6.80. The molecule has 0 spiro atoms. The lowest BCUT2D eigenvalue weighted by atomic mass is 10.2. The number of ether oxygens (including phenoxy) is 1. The van der Waals surface area contributed by atoms with Crippen molar-refractivity contribution in [3.05, 3.63) is 60.2 Å². The number of carbonyl (C=O) groups is 1. The Labute approximate surface area is 139 Å². The van der Waals surface area contributed by atoms with Crippen LogP contribution in [0.5, 0.6) is 5.75 Å². The molecule has 6 nitrogen and oxygen atoms in total. The molecule has 0 saturated heterocycles. The Morgan fingerprint density at radius 3 is 2.52 bits per heavy atom. The molecule has 0 unspecified atom stereocenters. The Balaban J connectivity index is 1.81. The average molecular weight is 328 g/mol. The normalized spacial score (nSPS) is 10.3. The third-order valence-corrected chi connectivity index (χ3v) is 2.87. The first-order chi connectivity index (χ1) is 11.1. The van der Waals surface area contributed by atoms with Crippen LogP contribution >= 0.6 is 12.2 Å². The van der Waals surface area contributed by atoms with Crippen LogP contribution in [-0.4, -0.2) is 23.8 Å². The number of amides is 1. The molecule has 23 heavy (non-hydrogen) atoms. The Bertz CT molecular complexity index is 687. The van der Waals surface area contributed by atoms with Gasteiger partial charge in [-0.05, 0) is 54.2 Å². The van der Waals surface area contributed by atoms with E-state index in [9.17, 15) is 4.79 Å². The molecule has 0 heterocycles. The van der Waals surface area contributed by atoms with Crippen LogP contribution in [0.2, 0.25) is 0 Å². The van der Waals surface area contributed by atoms with Crippen LogP contribution < -0.4 is 21.2 Å². The van der Waals surface area contributed by atoms with Crippen molar-refractivity contribution in [1.82, 2.24) is 5.43 Å². The summed E-state index contributed by atoms with van der Waals surface area (Å²) >= 11 is 5.13. The topological polar surface area (TPSA) is 88.7 Å². The maximum atomic E-state index is 10.6. The Morgan fingerprint density at radius 2 is 1.87 bits per heavy atom. The van der Waals surface area contributed by atoms with Crippen molar-refractivity contribution in [2.45, 2.75) is 0 Å². The average Bonchev–Trinajstić information content (AvgIpc) is 2.55. The van der Waals surface area contributed by atoms with Crippen molar-refractivity contribution < 1.29 is 9.53 Å². The summed E-state index contributed by atoms with van der Waals surface area (Å²) < 4.78 is 5.17. The van der Waals surface area contributed by atoms with E-state index in [1.165, 1.54) is 0 Å². The molecule has 118 valence electrons. The highest BCUT2D eigenvalue weighted by atomic mass is 32.1. The zero-order chi connectivity index (χ0) is 16.5. The van der Waals surface area contributed by atoms with Crippen LogP contribution in [0.3, 0.4) is 0 Å². The molecule has 0 aromatic heterocycles. The molecule has 0 aliphatic heterocycles. The second-order valence-corrected chi connectivity index (χ2v) is 4.92. The van der Waals surface area contributed by atoms with E-state index in [2.05, 4.69) is 15.8 Å². The molecule has 0 saturated carbocycles. The molecular weight excluding hydrogens is 312 g/mol. The standard InChI is InChI=1S/C16H16N4O2S/c17-15(21)11-22-14-8-6-12(7-9-14)10-18-20-16(23)19-13-4-2-1-3-5-13/h1-10H,11H2,(H2,17,21)(H2,19,20,23)/b18-10+. The summed E-state index contributed by atoms with van der Waals surface area (Å²) in [7, 11) is 0. The largest absolute Gasteiger partial charge is 0.484 e. The molecule has 0 atom stereocenters. The van der Waals surface area contributed by atoms with Gasteiger partial charge in [-0.1, -0.05) is 18.2 Å². The maximum Gasteiger partial charge on any atom is 0.255 e. The van der Waals surface area contributed by atoms with E-state index < -0.39 is 5.91 Å². The van der Waals surface area contributed by atoms with Crippen molar-refractivity contribution >= 4 is 35.1 Å². The summed E-state index contributed by atoms with van der Waals surface area (Å²) in [6, 6.07) is 16.6. The molecule has 7 heteroatoms. The van der Waals surface area contributed by atoms with Crippen LogP contribution in [0, 0.1) is 0 Å². The zero-order valence-electron chi connectivity index (χ0n) is 12.2. The van der Waals surface area contributed by atoms with Gasteiger partial charge in [0.25, 0.3) is 5.91 Å². The third kappa shape index (κ3) is 6.15. The van der Waals surface area contributed by atoms with Gasteiger partial charge in [0.2, 0.25) is 0 Å². The number of nitrogens with two attached hydrogens (primary N) is 1. The molecule has 0 fully saturated rings. The fraction of sp³-hybridized carbons (Fsp3) is 0.0625. The molecule has 2 rings (SSSR count). The summed E-state index contributed by atoms with van der Waals surface area (Å²) in [6.07, 6.45) is 1.62. The van der Waals surface area contributed by atoms with Gasteiger partial charge in [-0.2, -0.15) is 5.10 Å². The molecule has 0 bridgehead atoms. The van der Waals surface area contributed by atoms with Crippen LogP contribution in [0.15, 0.2) is 59.7 Å². The van der Waals surface area contributed by atoms with Gasteiger partial charge in [-0.25, -0.2) is 0 Å². The van der Waals surface area contributed by atoms with Gasteiger partial charge < -0.3 is 15.8 Å². The smallest absolute Gasteiger partial charge is 0.255 e. The summed E-state index contributed by atoms with van der Waals surface area (Å²) in [5.74, 6) is 0.0504. The number of thiocarbonyl (C=S) groups is 1. The predicted molar refractivity (Wildman–Crippen MR) is 94.5 cm³/mol. The van der Waals surface area contributed by atoms with E-state index in [1.54, 1.807) is 30.5 Å². The number of nitrogens with zero attached hydrogens (tertiary/aromatic N) is 1. The van der Waals surface area contributed by atoms with E-state index in [0.29, 0.717) is 10.9 Å². The first-order valence-corrected chi connectivity index (χ1v) is 7.20. The van der Waals surface area contributed by atoms with Crippen LogP contribution in [0.4, 0.5) is 5.69 Å². The summed E-state index contributed by atoms with van der Waals surface area (Å²) in [6.45, 7) is -0.144. The summed E-state index contributed by atoms with van der Waals surface area (Å²) in [5, 5.41) is 7.45. The number of hydrazone groups is 1.